The van der Waals surface area contributed by atoms with Crippen LogP contribution in [0.15, 0.2) is 24.3 Å². The summed E-state index contributed by atoms with van der Waals surface area (Å²) in [4.78, 5) is 12.2. The summed E-state index contributed by atoms with van der Waals surface area (Å²) in [5, 5.41) is 19.1. The summed E-state index contributed by atoms with van der Waals surface area (Å²) < 4.78 is 0. The van der Waals surface area contributed by atoms with Crippen LogP contribution in [0.2, 0.25) is 0 Å². The molecule has 1 unspecified atom stereocenters. The molecule has 0 bridgehead atoms. The van der Waals surface area contributed by atoms with Crippen LogP contribution in [0.1, 0.15) is 18.4 Å². The van der Waals surface area contributed by atoms with Crippen molar-refractivity contribution in [1.82, 2.24) is 4.90 Å². The first-order valence-electron chi connectivity index (χ1n) is 6.56. The Bertz CT molecular complexity index is 425. The molecule has 1 aromatic carbocycles. The molecule has 1 saturated heterocycles. The van der Waals surface area contributed by atoms with Gasteiger partial charge in [0.1, 0.15) is 0 Å². The van der Waals surface area contributed by atoms with Crippen molar-refractivity contribution in [2.45, 2.75) is 25.4 Å². The highest BCUT2D eigenvalue weighted by Gasteiger charge is 2.27. The Morgan fingerprint density at radius 1 is 1.32 bits per heavy atom. The summed E-state index contributed by atoms with van der Waals surface area (Å²) in [7, 11) is 0. The van der Waals surface area contributed by atoms with E-state index in [1.54, 1.807) is 0 Å². The fourth-order valence-electron chi connectivity index (χ4n) is 2.54. The second-order valence-corrected chi connectivity index (χ2v) is 5.12. The number of nitrogens with two attached hydrogens (primary N) is 1. The summed E-state index contributed by atoms with van der Waals surface area (Å²) >= 11 is 0. The number of carbonyl (C=O) groups is 1. The van der Waals surface area contributed by atoms with Gasteiger partial charge in [-0.15, -0.1) is 0 Å². The minimum Gasteiger partial charge on any atom is -0.465 e. The van der Waals surface area contributed by atoms with Crippen molar-refractivity contribution in [2.24, 2.45) is 5.92 Å². The molecule has 1 heterocycles. The third-order valence-corrected chi connectivity index (χ3v) is 3.78. The van der Waals surface area contributed by atoms with Gasteiger partial charge >= 0.3 is 6.09 Å². The van der Waals surface area contributed by atoms with Gasteiger partial charge < -0.3 is 20.8 Å². The number of likely N-dealkylation sites (tertiary alicyclic amines) is 1. The molecule has 1 aliphatic heterocycles. The zero-order valence-electron chi connectivity index (χ0n) is 10.8. The number of carboxylic acid groups (broad SMARTS) is 1. The number of hydrogen-bond acceptors (Lipinski definition) is 3. The van der Waals surface area contributed by atoms with Crippen molar-refractivity contribution in [2.75, 3.05) is 18.8 Å². The maximum atomic E-state index is 10.8. The SMILES string of the molecule is Nc1ccc(CC(O)C2CCN(C(=O)O)CC2)cc1. The van der Waals surface area contributed by atoms with Gasteiger partial charge in [0.25, 0.3) is 0 Å². The molecular weight excluding hydrogens is 244 g/mol. The molecule has 1 aromatic rings. The van der Waals surface area contributed by atoms with Crippen LogP contribution in [0.5, 0.6) is 0 Å². The van der Waals surface area contributed by atoms with Gasteiger partial charge in [0, 0.05) is 18.8 Å². The summed E-state index contributed by atoms with van der Waals surface area (Å²) in [5.41, 5.74) is 7.39. The summed E-state index contributed by atoms with van der Waals surface area (Å²) in [5.74, 6) is 0.174. The zero-order valence-corrected chi connectivity index (χ0v) is 10.8. The molecule has 0 radical (unpaired) electrons. The van der Waals surface area contributed by atoms with E-state index >= 15 is 0 Å². The van der Waals surface area contributed by atoms with E-state index in [2.05, 4.69) is 0 Å². The predicted molar refractivity (Wildman–Crippen MR) is 72.9 cm³/mol. The topological polar surface area (TPSA) is 86.8 Å². The Morgan fingerprint density at radius 2 is 1.89 bits per heavy atom. The van der Waals surface area contributed by atoms with Gasteiger partial charge in [-0.2, -0.15) is 0 Å². The fourth-order valence-corrected chi connectivity index (χ4v) is 2.54. The number of aliphatic hydroxyl groups is 1. The van der Waals surface area contributed by atoms with Gasteiger partial charge in [-0.05, 0) is 42.9 Å². The molecule has 1 amide bonds. The Balaban J connectivity index is 1.86. The molecular formula is C14H20N2O3. The third-order valence-electron chi connectivity index (χ3n) is 3.78. The Labute approximate surface area is 112 Å². The molecule has 4 N–H and O–H groups in total. The molecule has 1 aliphatic rings. The van der Waals surface area contributed by atoms with Crippen molar-refractivity contribution in [3.05, 3.63) is 29.8 Å². The van der Waals surface area contributed by atoms with E-state index in [4.69, 9.17) is 10.8 Å². The first kappa shape index (κ1) is 13.7. The second-order valence-electron chi connectivity index (χ2n) is 5.12. The third kappa shape index (κ3) is 3.61. The Hall–Kier alpha value is -1.75. The largest absolute Gasteiger partial charge is 0.465 e. The summed E-state index contributed by atoms with van der Waals surface area (Å²) in [6.07, 6.45) is 0.758. The van der Waals surface area contributed by atoms with Crippen LogP contribution in [-0.2, 0) is 6.42 Å². The number of nitrogen functional groups attached to an aromatic ring is 1. The summed E-state index contributed by atoms with van der Waals surface area (Å²) in [6.45, 7) is 1.03. The first-order valence-corrected chi connectivity index (χ1v) is 6.56. The zero-order chi connectivity index (χ0) is 13.8. The van der Waals surface area contributed by atoms with Gasteiger partial charge in [-0.1, -0.05) is 12.1 Å². The lowest BCUT2D eigenvalue weighted by atomic mass is 9.88. The van der Waals surface area contributed by atoms with Crippen LogP contribution < -0.4 is 5.73 Å². The van der Waals surface area contributed by atoms with Crippen molar-refractivity contribution < 1.29 is 15.0 Å². The number of anilines is 1. The van der Waals surface area contributed by atoms with E-state index in [0.29, 0.717) is 25.2 Å². The van der Waals surface area contributed by atoms with E-state index in [1.165, 1.54) is 4.90 Å². The van der Waals surface area contributed by atoms with Crippen LogP contribution in [0.25, 0.3) is 0 Å². The molecule has 0 spiro atoms. The maximum absolute atomic E-state index is 10.8. The van der Waals surface area contributed by atoms with Gasteiger partial charge in [-0.3, -0.25) is 0 Å². The Morgan fingerprint density at radius 3 is 2.42 bits per heavy atom. The minimum atomic E-state index is -0.869. The standard InChI is InChI=1S/C14H20N2O3/c15-12-3-1-10(2-4-12)9-13(17)11-5-7-16(8-6-11)14(18)19/h1-4,11,13,17H,5-9,15H2,(H,18,19). The smallest absolute Gasteiger partial charge is 0.407 e. The van der Waals surface area contributed by atoms with Crippen molar-refractivity contribution >= 4 is 11.8 Å². The van der Waals surface area contributed by atoms with E-state index in [9.17, 15) is 9.90 Å². The second kappa shape index (κ2) is 5.93. The van der Waals surface area contributed by atoms with E-state index in [0.717, 1.165) is 18.4 Å². The van der Waals surface area contributed by atoms with Crippen molar-refractivity contribution in [1.29, 1.82) is 0 Å². The molecule has 1 atom stereocenters. The van der Waals surface area contributed by atoms with E-state index < -0.39 is 12.2 Å². The quantitative estimate of drug-likeness (QED) is 0.723. The number of hydrogen-bond donors (Lipinski definition) is 3. The normalized spacial score (nSPS) is 18.3. The minimum absolute atomic E-state index is 0.174. The van der Waals surface area contributed by atoms with Crippen LogP contribution in [0.4, 0.5) is 10.5 Å². The average Bonchev–Trinajstić information content (AvgIpc) is 2.41. The molecule has 1 fully saturated rings. The highest BCUT2D eigenvalue weighted by Crippen LogP contribution is 2.23. The average molecular weight is 264 g/mol. The van der Waals surface area contributed by atoms with E-state index in [-0.39, 0.29) is 5.92 Å². The Kier molecular flexibility index (Phi) is 4.27. The molecule has 5 heteroatoms. The number of nitrogens with zero attached hydrogens (tertiary/aromatic N) is 1. The monoisotopic (exact) mass is 264 g/mol. The molecule has 5 nitrogen and oxygen atoms in total. The molecule has 0 aromatic heterocycles. The van der Waals surface area contributed by atoms with Crippen molar-refractivity contribution in [3.63, 3.8) is 0 Å². The number of piperidine rings is 1. The number of rotatable bonds is 3. The lowest BCUT2D eigenvalue weighted by Crippen LogP contribution is -2.40. The summed E-state index contributed by atoms with van der Waals surface area (Å²) in [6, 6.07) is 7.50. The number of amides is 1. The van der Waals surface area contributed by atoms with Gasteiger partial charge in [0.15, 0.2) is 0 Å². The molecule has 19 heavy (non-hydrogen) atoms. The molecule has 2 rings (SSSR count). The van der Waals surface area contributed by atoms with E-state index in [1.807, 2.05) is 24.3 Å². The highest BCUT2D eigenvalue weighted by atomic mass is 16.4. The predicted octanol–water partition coefficient (Wildman–Crippen LogP) is 1.56. The van der Waals surface area contributed by atoms with Crippen LogP contribution >= 0.6 is 0 Å². The lowest BCUT2D eigenvalue weighted by Gasteiger charge is -2.32. The highest BCUT2D eigenvalue weighted by molar-refractivity contribution is 5.64. The lowest BCUT2D eigenvalue weighted by molar-refractivity contribution is 0.0582. The van der Waals surface area contributed by atoms with Crippen LogP contribution in [0, 0.1) is 5.92 Å². The molecule has 104 valence electrons. The van der Waals surface area contributed by atoms with Gasteiger partial charge in [0.05, 0.1) is 6.10 Å². The molecule has 0 saturated carbocycles. The van der Waals surface area contributed by atoms with Gasteiger partial charge in [-0.25, -0.2) is 4.79 Å². The molecule has 0 aliphatic carbocycles. The number of benzene rings is 1. The van der Waals surface area contributed by atoms with Crippen molar-refractivity contribution in [3.8, 4) is 0 Å². The van der Waals surface area contributed by atoms with Crippen LogP contribution in [-0.4, -0.2) is 40.4 Å². The fraction of sp³-hybridized carbons (Fsp3) is 0.500. The van der Waals surface area contributed by atoms with Gasteiger partial charge in [0.2, 0.25) is 0 Å². The maximum Gasteiger partial charge on any atom is 0.407 e. The number of aliphatic hydroxyl groups excluding tert-OH is 1. The van der Waals surface area contributed by atoms with Crippen LogP contribution in [0.3, 0.4) is 0 Å². The first-order chi connectivity index (χ1) is 9.06.